The highest BCUT2D eigenvalue weighted by atomic mass is 32.2. The van der Waals surface area contributed by atoms with Gasteiger partial charge in [0, 0.05) is 22.0 Å². The Morgan fingerprint density at radius 1 is 1.29 bits per heavy atom. The predicted molar refractivity (Wildman–Crippen MR) is 51.6 cm³/mol. The van der Waals surface area contributed by atoms with Crippen molar-refractivity contribution in [2.75, 3.05) is 6.26 Å². The molecule has 1 nitrogen and oxygen atoms in total. The van der Waals surface area contributed by atoms with Crippen LogP contribution in [-0.4, -0.2) is 17.4 Å². The number of hydrogen-bond donors (Lipinski definition) is 0. The molecule has 78 valence electrons. The molecule has 1 aromatic rings. The van der Waals surface area contributed by atoms with E-state index in [4.69, 9.17) is 0 Å². The third-order valence-corrected chi connectivity index (χ3v) is 2.75. The SMILES string of the molecule is CS(=O)c1ccccc1C[B-](F)(F)F. The smallest absolute Gasteiger partial charge is 0.449 e. The molecule has 1 atom stereocenters. The second kappa shape index (κ2) is 4.17. The summed E-state index contributed by atoms with van der Waals surface area (Å²) in [5.74, 6) is 0. The zero-order valence-corrected chi connectivity index (χ0v) is 8.36. The molecular weight excluding hydrogens is 212 g/mol. The number of halogens is 3. The molecule has 6 heteroatoms. The summed E-state index contributed by atoms with van der Waals surface area (Å²) in [5.41, 5.74) is 0.112. The lowest BCUT2D eigenvalue weighted by molar-refractivity contribution is 0.467. The molecule has 14 heavy (non-hydrogen) atoms. The molecule has 1 aromatic carbocycles. The molecule has 0 N–H and O–H groups in total. The van der Waals surface area contributed by atoms with Gasteiger partial charge in [0.15, 0.2) is 0 Å². The van der Waals surface area contributed by atoms with Gasteiger partial charge in [-0.05, 0) is 6.07 Å². The van der Waals surface area contributed by atoms with Crippen LogP contribution in [0.1, 0.15) is 5.56 Å². The van der Waals surface area contributed by atoms with Gasteiger partial charge in [-0.2, -0.15) is 0 Å². The summed E-state index contributed by atoms with van der Waals surface area (Å²) in [6, 6.07) is 5.94. The first-order valence-corrected chi connectivity index (χ1v) is 5.58. The zero-order chi connectivity index (χ0) is 10.8. The van der Waals surface area contributed by atoms with Crippen molar-refractivity contribution in [2.24, 2.45) is 0 Å². The highest BCUT2D eigenvalue weighted by Crippen LogP contribution is 2.20. The fourth-order valence-electron chi connectivity index (χ4n) is 1.20. The molecule has 0 saturated heterocycles. The Morgan fingerprint density at radius 3 is 2.36 bits per heavy atom. The van der Waals surface area contributed by atoms with Gasteiger partial charge in [0.2, 0.25) is 0 Å². The maximum atomic E-state index is 12.1. The van der Waals surface area contributed by atoms with Crippen molar-refractivity contribution >= 4 is 17.8 Å². The van der Waals surface area contributed by atoms with Gasteiger partial charge in [-0.1, -0.05) is 30.1 Å². The standard InChI is InChI=1S/C8H9BF3OS/c1-14(13)8-5-3-2-4-7(8)6-9(10,11)12/h2-5H,6H2,1H3/q-1. The van der Waals surface area contributed by atoms with Crippen LogP contribution in [0, 0.1) is 0 Å². The van der Waals surface area contributed by atoms with Crippen LogP contribution < -0.4 is 0 Å². The van der Waals surface area contributed by atoms with Gasteiger partial charge < -0.3 is 12.9 Å². The summed E-state index contributed by atoms with van der Waals surface area (Å²) in [4.78, 5) is 0.270. The molecule has 0 saturated carbocycles. The molecule has 0 amide bonds. The van der Waals surface area contributed by atoms with Crippen molar-refractivity contribution in [3.05, 3.63) is 29.8 Å². The predicted octanol–water partition coefficient (Wildman–Crippen LogP) is 2.35. The van der Waals surface area contributed by atoms with Gasteiger partial charge in [-0.25, -0.2) is 0 Å². The molecule has 0 aromatic heterocycles. The summed E-state index contributed by atoms with van der Waals surface area (Å²) in [6.07, 6.45) is 0.415. The van der Waals surface area contributed by atoms with E-state index in [2.05, 4.69) is 0 Å². The monoisotopic (exact) mass is 221 g/mol. The minimum absolute atomic E-state index is 0.112. The maximum Gasteiger partial charge on any atom is 0.482 e. The molecule has 0 aliphatic rings. The number of benzene rings is 1. The summed E-state index contributed by atoms with van der Waals surface area (Å²) in [5, 5.41) is 0. The third kappa shape index (κ3) is 3.18. The van der Waals surface area contributed by atoms with Gasteiger partial charge in [0.25, 0.3) is 0 Å². The highest BCUT2D eigenvalue weighted by Gasteiger charge is 2.24. The average molecular weight is 221 g/mol. The Bertz CT molecular complexity index is 351. The first-order valence-electron chi connectivity index (χ1n) is 4.02. The molecular formula is C8H9BF3OS-. The lowest BCUT2D eigenvalue weighted by atomic mass is 9.82. The lowest BCUT2D eigenvalue weighted by Gasteiger charge is -2.15. The van der Waals surface area contributed by atoms with Crippen LogP contribution in [0.5, 0.6) is 0 Å². The number of hydrogen-bond acceptors (Lipinski definition) is 1. The summed E-state index contributed by atoms with van der Waals surface area (Å²) >= 11 is 0. The first kappa shape index (κ1) is 11.3. The van der Waals surface area contributed by atoms with E-state index in [0.29, 0.717) is 0 Å². The average Bonchev–Trinajstić information content (AvgIpc) is 2.01. The van der Waals surface area contributed by atoms with Gasteiger partial charge >= 0.3 is 6.98 Å². The summed E-state index contributed by atoms with van der Waals surface area (Å²) in [7, 11) is -1.37. The maximum absolute atomic E-state index is 12.1. The summed E-state index contributed by atoms with van der Waals surface area (Å²) < 4.78 is 47.5. The van der Waals surface area contributed by atoms with Crippen molar-refractivity contribution in [2.45, 2.75) is 11.2 Å². The van der Waals surface area contributed by atoms with Crippen molar-refractivity contribution in [1.82, 2.24) is 0 Å². The molecule has 0 aliphatic carbocycles. The third-order valence-electron chi connectivity index (χ3n) is 1.73. The molecule has 0 heterocycles. The second-order valence-electron chi connectivity index (χ2n) is 2.98. The van der Waals surface area contributed by atoms with Crippen LogP contribution in [0.4, 0.5) is 12.9 Å². The van der Waals surface area contributed by atoms with Crippen LogP contribution >= 0.6 is 0 Å². The molecule has 0 bridgehead atoms. The van der Waals surface area contributed by atoms with Gasteiger partial charge in [-0.3, -0.25) is 4.21 Å². The Hall–Kier alpha value is -0.775. The molecule has 1 unspecified atom stereocenters. The van der Waals surface area contributed by atoms with Crippen LogP contribution in [-0.2, 0) is 17.1 Å². The van der Waals surface area contributed by atoms with Crippen LogP contribution in [0.15, 0.2) is 29.2 Å². The highest BCUT2D eigenvalue weighted by molar-refractivity contribution is 7.84. The largest absolute Gasteiger partial charge is 0.482 e. The van der Waals surface area contributed by atoms with E-state index in [9.17, 15) is 17.2 Å². The van der Waals surface area contributed by atoms with Crippen molar-refractivity contribution in [3.63, 3.8) is 0 Å². The fraction of sp³-hybridized carbons (Fsp3) is 0.250. The molecule has 0 radical (unpaired) electrons. The van der Waals surface area contributed by atoms with E-state index in [-0.39, 0.29) is 10.5 Å². The van der Waals surface area contributed by atoms with E-state index in [1.165, 1.54) is 24.5 Å². The number of rotatable bonds is 3. The van der Waals surface area contributed by atoms with Crippen molar-refractivity contribution < 1.29 is 17.2 Å². The molecule has 1 rings (SSSR count). The van der Waals surface area contributed by atoms with E-state index < -0.39 is 24.1 Å². The van der Waals surface area contributed by atoms with Gasteiger partial charge in [-0.15, -0.1) is 0 Å². The van der Waals surface area contributed by atoms with Crippen LogP contribution in [0.2, 0.25) is 0 Å². The van der Waals surface area contributed by atoms with Gasteiger partial charge in [0.1, 0.15) is 0 Å². The van der Waals surface area contributed by atoms with E-state index in [1.54, 1.807) is 6.07 Å². The molecule has 0 aliphatic heterocycles. The first-order chi connectivity index (χ1) is 6.40. The second-order valence-corrected chi connectivity index (χ2v) is 4.32. The van der Waals surface area contributed by atoms with Crippen LogP contribution in [0.25, 0.3) is 0 Å². The quantitative estimate of drug-likeness (QED) is 0.716. The Labute approximate surface area is 82.8 Å². The zero-order valence-electron chi connectivity index (χ0n) is 7.54. The van der Waals surface area contributed by atoms with E-state index in [0.717, 1.165) is 0 Å². The van der Waals surface area contributed by atoms with Crippen molar-refractivity contribution in [1.29, 1.82) is 0 Å². The molecule has 0 spiro atoms. The summed E-state index contributed by atoms with van der Waals surface area (Å²) in [6.45, 7) is -4.86. The minimum Gasteiger partial charge on any atom is -0.449 e. The Balaban J connectivity index is 3.02. The van der Waals surface area contributed by atoms with Crippen molar-refractivity contribution in [3.8, 4) is 0 Å². The fourth-order valence-corrected chi connectivity index (χ4v) is 1.99. The van der Waals surface area contributed by atoms with Crippen LogP contribution in [0.3, 0.4) is 0 Å². The Kier molecular flexibility index (Phi) is 3.36. The molecule has 0 fully saturated rings. The van der Waals surface area contributed by atoms with E-state index >= 15 is 0 Å². The minimum atomic E-state index is -4.86. The lowest BCUT2D eigenvalue weighted by Crippen LogP contribution is -2.20. The van der Waals surface area contributed by atoms with E-state index in [1.807, 2.05) is 0 Å². The Morgan fingerprint density at radius 2 is 1.86 bits per heavy atom. The topological polar surface area (TPSA) is 17.1 Å². The van der Waals surface area contributed by atoms with Gasteiger partial charge in [0.05, 0.1) is 0 Å². The normalized spacial score (nSPS) is 14.0.